The van der Waals surface area contributed by atoms with Crippen LogP contribution in [-0.4, -0.2) is 47.4 Å². The van der Waals surface area contributed by atoms with Crippen molar-refractivity contribution in [2.75, 3.05) is 42.3 Å². The predicted octanol–water partition coefficient (Wildman–Crippen LogP) is 3.73. The van der Waals surface area contributed by atoms with Crippen LogP contribution in [0.5, 0.6) is 0 Å². The summed E-state index contributed by atoms with van der Waals surface area (Å²) in [6.45, 7) is 2.15. The lowest BCUT2D eigenvalue weighted by atomic mass is 10.1. The first-order valence-electron chi connectivity index (χ1n) is 9.64. The molecule has 1 N–H and O–H groups in total. The van der Waals surface area contributed by atoms with Crippen molar-refractivity contribution in [3.05, 3.63) is 48.8 Å². The van der Waals surface area contributed by atoms with Crippen molar-refractivity contribution in [1.82, 2.24) is 20.2 Å². The first-order valence-corrected chi connectivity index (χ1v) is 9.64. The fraction of sp³-hybridized carbons (Fsp3) is 0.333. The molecule has 3 heterocycles. The second-order valence-electron chi connectivity index (χ2n) is 7.18. The molecule has 28 heavy (non-hydrogen) atoms. The predicted molar refractivity (Wildman–Crippen MR) is 113 cm³/mol. The minimum atomic E-state index is 0.761. The summed E-state index contributed by atoms with van der Waals surface area (Å²) in [5, 5.41) is 12.2. The second kappa shape index (κ2) is 8.21. The van der Waals surface area contributed by atoms with Crippen LogP contribution in [0.3, 0.4) is 0 Å². The lowest BCUT2D eigenvalue weighted by Crippen LogP contribution is -2.30. The average Bonchev–Trinajstić information content (AvgIpc) is 2.75. The Hall–Kier alpha value is -3.22. The molecule has 0 unspecified atom stereocenters. The van der Waals surface area contributed by atoms with Gasteiger partial charge >= 0.3 is 0 Å². The Bertz CT molecular complexity index is 901. The maximum Gasteiger partial charge on any atom is 0.151 e. The number of rotatable bonds is 5. The van der Waals surface area contributed by atoms with Gasteiger partial charge in [0.15, 0.2) is 5.82 Å². The minimum Gasteiger partial charge on any atom is -0.363 e. The van der Waals surface area contributed by atoms with Crippen LogP contribution in [-0.2, 0) is 0 Å². The van der Waals surface area contributed by atoms with Crippen molar-refractivity contribution in [1.29, 1.82) is 0 Å². The number of piperidine rings is 1. The van der Waals surface area contributed by atoms with Crippen molar-refractivity contribution in [3.8, 4) is 11.3 Å². The molecule has 0 bridgehead atoms. The monoisotopic (exact) mass is 375 g/mol. The first kappa shape index (κ1) is 18.2. The molecule has 0 spiro atoms. The van der Waals surface area contributed by atoms with Crippen molar-refractivity contribution in [2.24, 2.45) is 0 Å². The largest absolute Gasteiger partial charge is 0.363 e. The molecule has 7 nitrogen and oxygen atoms in total. The fourth-order valence-corrected chi connectivity index (χ4v) is 3.30. The zero-order chi connectivity index (χ0) is 19.3. The maximum atomic E-state index is 4.43. The Labute approximate surface area is 165 Å². The van der Waals surface area contributed by atoms with Crippen LogP contribution in [0.1, 0.15) is 19.3 Å². The third-order valence-electron chi connectivity index (χ3n) is 4.89. The summed E-state index contributed by atoms with van der Waals surface area (Å²) in [6, 6.07) is 14.2. The lowest BCUT2D eigenvalue weighted by Gasteiger charge is -2.27. The quantitative estimate of drug-likeness (QED) is 0.728. The molecule has 1 aliphatic rings. The van der Waals surface area contributed by atoms with Gasteiger partial charge in [0.2, 0.25) is 0 Å². The zero-order valence-electron chi connectivity index (χ0n) is 16.3. The van der Waals surface area contributed by atoms with Gasteiger partial charge in [-0.2, -0.15) is 0 Å². The Morgan fingerprint density at radius 1 is 0.893 bits per heavy atom. The van der Waals surface area contributed by atoms with Crippen LogP contribution in [0.4, 0.5) is 23.1 Å². The minimum absolute atomic E-state index is 0.761. The standard InChI is InChI=1S/C21H25N7/c1-27(2)21-14-19(22-15-23-21)24-17-8-6-16(7-9-17)18-10-11-20(26-25-18)28-12-4-3-5-13-28/h6-11,14-15H,3-5,12-13H2,1-2H3,(H,22,23,24). The summed E-state index contributed by atoms with van der Waals surface area (Å²) in [4.78, 5) is 12.8. The Kier molecular flexibility index (Phi) is 5.32. The van der Waals surface area contributed by atoms with E-state index in [0.29, 0.717) is 0 Å². The highest BCUT2D eigenvalue weighted by Gasteiger charge is 2.12. The van der Waals surface area contributed by atoms with Gasteiger partial charge < -0.3 is 15.1 Å². The first-order chi connectivity index (χ1) is 13.7. The Balaban J connectivity index is 1.45. The van der Waals surface area contributed by atoms with E-state index in [1.54, 1.807) is 6.33 Å². The van der Waals surface area contributed by atoms with E-state index in [0.717, 1.165) is 47.5 Å². The highest BCUT2D eigenvalue weighted by Crippen LogP contribution is 2.24. The highest BCUT2D eigenvalue weighted by atomic mass is 15.3. The molecule has 0 radical (unpaired) electrons. The zero-order valence-corrected chi connectivity index (χ0v) is 16.3. The van der Waals surface area contributed by atoms with Crippen LogP contribution in [0.15, 0.2) is 48.8 Å². The molecule has 1 aromatic carbocycles. The van der Waals surface area contributed by atoms with Crippen LogP contribution in [0.2, 0.25) is 0 Å². The van der Waals surface area contributed by atoms with Crippen LogP contribution in [0, 0.1) is 0 Å². The van der Waals surface area contributed by atoms with Crippen LogP contribution < -0.4 is 15.1 Å². The normalized spacial score (nSPS) is 14.0. The summed E-state index contributed by atoms with van der Waals surface area (Å²) in [5.41, 5.74) is 2.88. The molecule has 2 aromatic heterocycles. The van der Waals surface area contributed by atoms with Gasteiger partial charge in [-0.15, -0.1) is 10.2 Å². The smallest absolute Gasteiger partial charge is 0.151 e. The number of hydrogen-bond donors (Lipinski definition) is 1. The summed E-state index contributed by atoms with van der Waals surface area (Å²) >= 11 is 0. The molecule has 0 amide bonds. The van der Waals surface area contributed by atoms with Gasteiger partial charge in [-0.1, -0.05) is 12.1 Å². The molecule has 1 aliphatic heterocycles. The summed E-state index contributed by atoms with van der Waals surface area (Å²) in [6.07, 6.45) is 5.35. The molecule has 0 aliphatic carbocycles. The molecule has 0 atom stereocenters. The molecule has 3 aromatic rings. The number of aromatic nitrogens is 4. The molecular weight excluding hydrogens is 350 g/mol. The van der Waals surface area contributed by atoms with Gasteiger partial charge in [0.1, 0.15) is 18.0 Å². The van der Waals surface area contributed by atoms with E-state index in [1.807, 2.05) is 55.4 Å². The number of anilines is 4. The fourth-order valence-electron chi connectivity index (χ4n) is 3.30. The van der Waals surface area contributed by atoms with Crippen LogP contribution >= 0.6 is 0 Å². The second-order valence-corrected chi connectivity index (χ2v) is 7.18. The van der Waals surface area contributed by atoms with Gasteiger partial charge in [0.25, 0.3) is 0 Å². The third-order valence-corrected chi connectivity index (χ3v) is 4.89. The molecule has 1 saturated heterocycles. The summed E-state index contributed by atoms with van der Waals surface area (Å²) in [5.74, 6) is 2.59. The molecule has 1 fully saturated rings. The van der Waals surface area contributed by atoms with E-state index in [2.05, 4.69) is 36.4 Å². The van der Waals surface area contributed by atoms with E-state index >= 15 is 0 Å². The Morgan fingerprint density at radius 3 is 2.36 bits per heavy atom. The number of benzene rings is 1. The number of nitrogens with one attached hydrogen (secondary N) is 1. The van der Waals surface area contributed by atoms with Crippen molar-refractivity contribution >= 4 is 23.1 Å². The maximum absolute atomic E-state index is 4.43. The average molecular weight is 375 g/mol. The van der Waals surface area contributed by atoms with Gasteiger partial charge in [-0.3, -0.25) is 0 Å². The highest BCUT2D eigenvalue weighted by molar-refractivity contribution is 5.66. The summed E-state index contributed by atoms with van der Waals surface area (Å²) in [7, 11) is 3.91. The van der Waals surface area contributed by atoms with Gasteiger partial charge in [0.05, 0.1) is 5.69 Å². The molecule has 144 valence electrons. The molecule has 7 heteroatoms. The SMILES string of the molecule is CN(C)c1cc(Nc2ccc(-c3ccc(N4CCCCC4)nn3)cc2)ncn1. The van der Waals surface area contributed by atoms with E-state index in [9.17, 15) is 0 Å². The molecular formula is C21H25N7. The van der Waals surface area contributed by atoms with E-state index < -0.39 is 0 Å². The van der Waals surface area contributed by atoms with Gasteiger partial charge in [-0.05, 0) is 43.5 Å². The molecule has 4 rings (SSSR count). The van der Waals surface area contributed by atoms with Gasteiger partial charge in [0, 0.05) is 44.5 Å². The number of hydrogen-bond acceptors (Lipinski definition) is 7. The topological polar surface area (TPSA) is 70.1 Å². The molecule has 0 saturated carbocycles. The van der Waals surface area contributed by atoms with Crippen molar-refractivity contribution in [3.63, 3.8) is 0 Å². The number of nitrogens with zero attached hydrogens (tertiary/aromatic N) is 6. The van der Waals surface area contributed by atoms with E-state index in [4.69, 9.17) is 0 Å². The van der Waals surface area contributed by atoms with Crippen molar-refractivity contribution < 1.29 is 0 Å². The summed E-state index contributed by atoms with van der Waals surface area (Å²) < 4.78 is 0. The van der Waals surface area contributed by atoms with Crippen molar-refractivity contribution in [2.45, 2.75) is 19.3 Å². The van der Waals surface area contributed by atoms with E-state index in [1.165, 1.54) is 19.3 Å². The van der Waals surface area contributed by atoms with Gasteiger partial charge in [-0.25, -0.2) is 9.97 Å². The lowest BCUT2D eigenvalue weighted by molar-refractivity contribution is 0.571. The third kappa shape index (κ3) is 4.19. The van der Waals surface area contributed by atoms with E-state index in [-0.39, 0.29) is 0 Å². The Morgan fingerprint density at radius 2 is 1.68 bits per heavy atom. The van der Waals surface area contributed by atoms with Crippen LogP contribution in [0.25, 0.3) is 11.3 Å².